The highest BCUT2D eigenvalue weighted by molar-refractivity contribution is 7.80. The second-order valence-corrected chi connectivity index (χ2v) is 7.62. The van der Waals surface area contributed by atoms with E-state index in [1.54, 1.807) is 0 Å². The first-order valence-corrected chi connectivity index (χ1v) is 9.80. The number of alkyl halides is 3. The Bertz CT molecular complexity index is 857. The van der Waals surface area contributed by atoms with Crippen LogP contribution in [0.25, 0.3) is 0 Å². The van der Waals surface area contributed by atoms with E-state index in [0.717, 1.165) is 25.5 Å². The summed E-state index contributed by atoms with van der Waals surface area (Å²) in [7, 11) is 0. The Kier molecular flexibility index (Phi) is 6.35. The summed E-state index contributed by atoms with van der Waals surface area (Å²) in [6.45, 7) is 3.71. The van der Waals surface area contributed by atoms with Gasteiger partial charge >= 0.3 is 6.18 Å². The number of halogens is 4. The van der Waals surface area contributed by atoms with E-state index in [1.165, 1.54) is 23.4 Å². The quantitative estimate of drug-likeness (QED) is 0.487. The van der Waals surface area contributed by atoms with Crippen molar-refractivity contribution in [2.45, 2.75) is 32.0 Å². The predicted molar refractivity (Wildman–Crippen MR) is 112 cm³/mol. The van der Waals surface area contributed by atoms with Gasteiger partial charge in [-0.15, -0.1) is 0 Å². The van der Waals surface area contributed by atoms with E-state index in [-0.39, 0.29) is 15.8 Å². The molecule has 0 bridgehead atoms. The van der Waals surface area contributed by atoms with Crippen LogP contribution in [0.4, 0.5) is 24.5 Å². The van der Waals surface area contributed by atoms with Gasteiger partial charge in [-0.25, -0.2) is 0 Å². The summed E-state index contributed by atoms with van der Waals surface area (Å²) >= 11 is 10.8. The summed E-state index contributed by atoms with van der Waals surface area (Å²) in [6, 6.07) is 12.5. The molecule has 0 saturated heterocycles. The third-order valence-corrected chi connectivity index (χ3v) is 5.32. The highest BCUT2D eigenvalue weighted by Crippen LogP contribution is 2.36. The van der Waals surface area contributed by atoms with Gasteiger partial charge in [-0.1, -0.05) is 29.8 Å². The molecule has 0 aromatic heterocycles. The summed E-state index contributed by atoms with van der Waals surface area (Å²) in [6.07, 6.45) is -2.61. The molecule has 150 valence electrons. The number of hydrogen-bond acceptors (Lipinski definition) is 2. The van der Waals surface area contributed by atoms with E-state index in [4.69, 9.17) is 23.8 Å². The zero-order chi connectivity index (χ0) is 20.3. The molecule has 0 aliphatic carbocycles. The molecule has 28 heavy (non-hydrogen) atoms. The van der Waals surface area contributed by atoms with Crippen LogP contribution in [0, 0.1) is 0 Å². The lowest BCUT2D eigenvalue weighted by atomic mass is 10.1. The van der Waals surface area contributed by atoms with E-state index < -0.39 is 11.7 Å². The molecular weight excluding hydrogens is 407 g/mol. The summed E-state index contributed by atoms with van der Waals surface area (Å²) < 4.78 is 38.8. The SMILES string of the molecule is C[C@H]1Cc2ccccc2N1CCCNC(=S)Nc1ccc(Cl)c(C(F)(F)F)c1. The molecule has 1 aliphatic heterocycles. The monoisotopic (exact) mass is 427 g/mol. The average molecular weight is 428 g/mol. The Morgan fingerprint density at radius 3 is 2.75 bits per heavy atom. The van der Waals surface area contributed by atoms with E-state index in [2.05, 4.69) is 40.7 Å². The Morgan fingerprint density at radius 1 is 1.25 bits per heavy atom. The number of nitrogens with zero attached hydrogens (tertiary/aromatic N) is 1. The summed E-state index contributed by atoms with van der Waals surface area (Å²) in [5, 5.41) is 5.78. The minimum absolute atomic E-state index is 0.247. The highest BCUT2D eigenvalue weighted by atomic mass is 35.5. The van der Waals surface area contributed by atoms with Crippen LogP contribution >= 0.6 is 23.8 Å². The molecule has 0 saturated carbocycles. The minimum atomic E-state index is -4.51. The molecular formula is C20H21ClF3N3S. The third kappa shape index (κ3) is 4.89. The largest absolute Gasteiger partial charge is 0.417 e. The Hall–Kier alpha value is -1.99. The zero-order valence-electron chi connectivity index (χ0n) is 15.3. The van der Waals surface area contributed by atoms with Gasteiger partial charge in [0.2, 0.25) is 0 Å². The van der Waals surface area contributed by atoms with Gasteiger partial charge in [0.1, 0.15) is 0 Å². The maximum atomic E-state index is 12.9. The van der Waals surface area contributed by atoms with Crippen molar-refractivity contribution in [1.29, 1.82) is 0 Å². The molecule has 3 rings (SSSR count). The minimum Gasteiger partial charge on any atom is -0.368 e. The average Bonchev–Trinajstić information content (AvgIpc) is 2.95. The van der Waals surface area contributed by atoms with Crippen LogP contribution in [0.5, 0.6) is 0 Å². The number of hydrogen-bond donors (Lipinski definition) is 2. The molecule has 2 aromatic rings. The number of thiocarbonyl (C=S) groups is 1. The van der Waals surface area contributed by atoms with Gasteiger partial charge in [0, 0.05) is 30.5 Å². The van der Waals surface area contributed by atoms with Crippen LogP contribution in [0.3, 0.4) is 0 Å². The molecule has 1 atom stereocenters. The molecule has 0 spiro atoms. The van der Waals surface area contributed by atoms with E-state index in [1.807, 2.05) is 6.07 Å². The van der Waals surface area contributed by atoms with Gasteiger partial charge in [0.25, 0.3) is 0 Å². The molecule has 8 heteroatoms. The number of para-hydroxylation sites is 1. The Balaban J connectivity index is 1.48. The normalized spacial score (nSPS) is 16.0. The van der Waals surface area contributed by atoms with Gasteiger partial charge in [-0.2, -0.15) is 13.2 Å². The zero-order valence-corrected chi connectivity index (χ0v) is 16.9. The number of nitrogens with one attached hydrogen (secondary N) is 2. The molecule has 1 heterocycles. The highest BCUT2D eigenvalue weighted by Gasteiger charge is 2.33. The fourth-order valence-electron chi connectivity index (χ4n) is 3.42. The van der Waals surface area contributed by atoms with E-state index >= 15 is 0 Å². The second-order valence-electron chi connectivity index (χ2n) is 6.80. The van der Waals surface area contributed by atoms with Crippen molar-refractivity contribution in [2.75, 3.05) is 23.3 Å². The van der Waals surface area contributed by atoms with Gasteiger partial charge in [0.05, 0.1) is 10.6 Å². The van der Waals surface area contributed by atoms with Crippen LogP contribution < -0.4 is 15.5 Å². The maximum absolute atomic E-state index is 12.9. The topological polar surface area (TPSA) is 27.3 Å². The number of benzene rings is 2. The fourth-order valence-corrected chi connectivity index (χ4v) is 3.86. The van der Waals surface area contributed by atoms with Crippen molar-refractivity contribution in [2.24, 2.45) is 0 Å². The molecule has 0 radical (unpaired) electrons. The van der Waals surface area contributed by atoms with Crippen LogP contribution in [-0.2, 0) is 12.6 Å². The van der Waals surface area contributed by atoms with Gasteiger partial charge in [0.15, 0.2) is 5.11 Å². The smallest absolute Gasteiger partial charge is 0.368 e. The van der Waals surface area contributed by atoms with Crippen molar-refractivity contribution < 1.29 is 13.2 Å². The lowest BCUT2D eigenvalue weighted by Crippen LogP contribution is -2.34. The number of anilines is 2. The van der Waals surface area contributed by atoms with Crippen molar-refractivity contribution >= 4 is 40.3 Å². The van der Waals surface area contributed by atoms with Gasteiger partial charge < -0.3 is 15.5 Å². The van der Waals surface area contributed by atoms with Crippen LogP contribution in [0.1, 0.15) is 24.5 Å². The maximum Gasteiger partial charge on any atom is 0.417 e. The fraction of sp³-hybridized carbons (Fsp3) is 0.350. The second kappa shape index (κ2) is 8.57. The van der Waals surface area contributed by atoms with Crippen molar-refractivity contribution in [3.05, 3.63) is 58.6 Å². The summed E-state index contributed by atoms with van der Waals surface area (Å²) in [4.78, 5) is 2.38. The van der Waals surface area contributed by atoms with E-state index in [0.29, 0.717) is 12.6 Å². The van der Waals surface area contributed by atoms with Crippen molar-refractivity contribution in [3.8, 4) is 0 Å². The first kappa shape index (κ1) is 20.7. The molecule has 0 fully saturated rings. The summed E-state index contributed by atoms with van der Waals surface area (Å²) in [5.74, 6) is 0. The molecule has 2 N–H and O–H groups in total. The Morgan fingerprint density at radius 2 is 2.00 bits per heavy atom. The lowest BCUT2D eigenvalue weighted by molar-refractivity contribution is -0.137. The van der Waals surface area contributed by atoms with E-state index in [9.17, 15) is 13.2 Å². The van der Waals surface area contributed by atoms with Gasteiger partial charge in [-0.05, 0) is 61.8 Å². The Labute approximate surface area is 172 Å². The third-order valence-electron chi connectivity index (χ3n) is 4.74. The first-order chi connectivity index (χ1) is 13.3. The molecule has 0 amide bonds. The molecule has 1 aliphatic rings. The molecule has 0 unspecified atom stereocenters. The van der Waals surface area contributed by atoms with Crippen molar-refractivity contribution in [1.82, 2.24) is 5.32 Å². The molecule has 2 aromatic carbocycles. The molecule has 3 nitrogen and oxygen atoms in total. The standard InChI is InChI=1S/C20H21ClF3N3S/c1-13-11-14-5-2-3-6-18(14)27(13)10-4-9-25-19(28)26-15-7-8-17(21)16(12-15)20(22,23)24/h2-3,5-8,12-13H,4,9-11H2,1H3,(H2,25,26,28)/t13-/m0/s1. The van der Waals surface area contributed by atoms with Crippen LogP contribution in [0.2, 0.25) is 5.02 Å². The predicted octanol–water partition coefficient (Wildman–Crippen LogP) is 5.49. The number of fused-ring (bicyclic) bond motifs is 1. The lowest BCUT2D eigenvalue weighted by Gasteiger charge is -2.25. The van der Waals surface area contributed by atoms with Gasteiger partial charge in [-0.3, -0.25) is 0 Å². The van der Waals surface area contributed by atoms with Crippen molar-refractivity contribution in [3.63, 3.8) is 0 Å². The first-order valence-electron chi connectivity index (χ1n) is 9.02. The summed E-state index contributed by atoms with van der Waals surface area (Å²) in [5.41, 5.74) is 2.00. The number of rotatable bonds is 5. The van der Waals surface area contributed by atoms with Crippen LogP contribution in [-0.4, -0.2) is 24.2 Å². The van der Waals surface area contributed by atoms with Crippen LogP contribution in [0.15, 0.2) is 42.5 Å².